The lowest BCUT2D eigenvalue weighted by Gasteiger charge is -2.17. The van der Waals surface area contributed by atoms with Crippen LogP contribution in [-0.4, -0.2) is 23.1 Å². The summed E-state index contributed by atoms with van der Waals surface area (Å²) in [4.78, 5) is 8.42. The summed E-state index contributed by atoms with van der Waals surface area (Å²) in [5, 5.41) is 3.23. The van der Waals surface area contributed by atoms with Crippen LogP contribution in [0.1, 0.15) is 32.9 Å². The fraction of sp³-hybridized carbons (Fsp3) is 0.636. The number of nitrogens with one attached hydrogen (secondary N) is 1. The van der Waals surface area contributed by atoms with Crippen LogP contribution in [0.2, 0.25) is 0 Å². The van der Waals surface area contributed by atoms with E-state index in [1.807, 2.05) is 6.07 Å². The Morgan fingerprint density at radius 3 is 2.67 bits per heavy atom. The molecule has 0 aliphatic heterocycles. The molecule has 0 aliphatic rings. The number of anilines is 1. The van der Waals surface area contributed by atoms with Crippen LogP contribution in [0.3, 0.4) is 0 Å². The van der Waals surface area contributed by atoms with Crippen molar-refractivity contribution in [3.8, 4) is 0 Å². The molecule has 4 heteroatoms. The van der Waals surface area contributed by atoms with Crippen LogP contribution < -0.4 is 11.1 Å². The van der Waals surface area contributed by atoms with Gasteiger partial charge in [0.25, 0.3) is 0 Å². The minimum absolute atomic E-state index is 0.0627. The Balaban J connectivity index is 2.66. The van der Waals surface area contributed by atoms with Crippen molar-refractivity contribution < 1.29 is 0 Å². The molecule has 1 aromatic heterocycles. The average molecular weight is 208 g/mol. The van der Waals surface area contributed by atoms with Crippen molar-refractivity contribution in [3.63, 3.8) is 0 Å². The van der Waals surface area contributed by atoms with Gasteiger partial charge < -0.3 is 11.1 Å². The zero-order chi connectivity index (χ0) is 11.3. The quantitative estimate of drug-likeness (QED) is 0.737. The number of rotatable bonds is 4. The van der Waals surface area contributed by atoms with Gasteiger partial charge in [-0.2, -0.15) is 0 Å². The van der Waals surface area contributed by atoms with Gasteiger partial charge in [0.2, 0.25) is 0 Å². The van der Waals surface area contributed by atoms with Gasteiger partial charge in [0.15, 0.2) is 0 Å². The van der Waals surface area contributed by atoms with Crippen LogP contribution >= 0.6 is 0 Å². The molecule has 4 nitrogen and oxygen atoms in total. The van der Waals surface area contributed by atoms with Gasteiger partial charge in [-0.1, -0.05) is 20.8 Å². The lowest BCUT2D eigenvalue weighted by atomic mass is 9.92. The zero-order valence-corrected chi connectivity index (χ0v) is 9.75. The molecule has 1 heterocycles. The molecule has 0 radical (unpaired) electrons. The van der Waals surface area contributed by atoms with Crippen molar-refractivity contribution >= 4 is 5.82 Å². The second-order valence-corrected chi connectivity index (χ2v) is 4.61. The van der Waals surface area contributed by atoms with Crippen LogP contribution in [0.5, 0.6) is 0 Å². The van der Waals surface area contributed by atoms with Gasteiger partial charge in [0, 0.05) is 18.0 Å². The van der Waals surface area contributed by atoms with E-state index in [9.17, 15) is 0 Å². The van der Waals surface area contributed by atoms with E-state index in [4.69, 9.17) is 5.73 Å². The molecule has 0 aliphatic carbocycles. The van der Waals surface area contributed by atoms with Crippen molar-refractivity contribution in [2.24, 2.45) is 5.73 Å². The Morgan fingerprint density at radius 1 is 1.33 bits per heavy atom. The molecule has 0 spiro atoms. The van der Waals surface area contributed by atoms with Crippen molar-refractivity contribution in [2.75, 3.05) is 18.4 Å². The Kier molecular flexibility index (Phi) is 4.03. The van der Waals surface area contributed by atoms with Gasteiger partial charge in [0.1, 0.15) is 12.1 Å². The number of nitrogens with two attached hydrogens (primary N) is 1. The fourth-order valence-corrected chi connectivity index (χ4v) is 1.18. The second kappa shape index (κ2) is 5.07. The van der Waals surface area contributed by atoms with E-state index in [1.165, 1.54) is 0 Å². The fourth-order valence-electron chi connectivity index (χ4n) is 1.18. The monoisotopic (exact) mass is 208 g/mol. The van der Waals surface area contributed by atoms with E-state index in [0.29, 0.717) is 6.54 Å². The van der Waals surface area contributed by atoms with Gasteiger partial charge in [-0.15, -0.1) is 0 Å². The summed E-state index contributed by atoms with van der Waals surface area (Å²) in [6.45, 7) is 7.97. The van der Waals surface area contributed by atoms with Crippen LogP contribution in [0, 0.1) is 0 Å². The molecule has 1 aromatic rings. The third kappa shape index (κ3) is 3.83. The minimum atomic E-state index is 0.0627. The zero-order valence-electron chi connectivity index (χ0n) is 9.75. The van der Waals surface area contributed by atoms with Crippen LogP contribution in [0.15, 0.2) is 12.4 Å². The summed E-state index contributed by atoms with van der Waals surface area (Å²) in [6, 6.07) is 2.00. The molecule has 0 aromatic carbocycles. The number of hydrogen-bond acceptors (Lipinski definition) is 4. The summed E-state index contributed by atoms with van der Waals surface area (Å²) >= 11 is 0. The van der Waals surface area contributed by atoms with E-state index in [-0.39, 0.29) is 5.41 Å². The van der Waals surface area contributed by atoms with Crippen molar-refractivity contribution in [3.05, 3.63) is 18.1 Å². The number of nitrogens with zero attached hydrogens (tertiary/aromatic N) is 2. The second-order valence-electron chi connectivity index (χ2n) is 4.61. The molecular formula is C11H20N4. The highest BCUT2D eigenvalue weighted by Crippen LogP contribution is 2.20. The molecule has 15 heavy (non-hydrogen) atoms. The SMILES string of the molecule is CC(C)(C)c1cc(NCCCN)ncn1. The third-order valence-electron chi connectivity index (χ3n) is 2.12. The Labute approximate surface area is 91.3 Å². The number of aromatic nitrogens is 2. The smallest absolute Gasteiger partial charge is 0.129 e. The minimum Gasteiger partial charge on any atom is -0.370 e. The lowest BCUT2D eigenvalue weighted by molar-refractivity contribution is 0.567. The van der Waals surface area contributed by atoms with Crippen molar-refractivity contribution in [1.29, 1.82) is 0 Å². The molecule has 1 rings (SSSR count). The summed E-state index contributed by atoms with van der Waals surface area (Å²) in [5.74, 6) is 0.878. The van der Waals surface area contributed by atoms with Crippen LogP contribution in [-0.2, 0) is 5.41 Å². The maximum absolute atomic E-state index is 5.42. The van der Waals surface area contributed by atoms with Crippen LogP contribution in [0.4, 0.5) is 5.82 Å². The summed E-state index contributed by atoms with van der Waals surface area (Å²) < 4.78 is 0. The maximum atomic E-state index is 5.42. The normalized spacial score (nSPS) is 11.5. The number of hydrogen-bond donors (Lipinski definition) is 2. The summed E-state index contributed by atoms with van der Waals surface area (Å²) in [6.07, 6.45) is 2.56. The average Bonchev–Trinajstić information content (AvgIpc) is 2.17. The molecule has 0 amide bonds. The molecule has 0 fully saturated rings. The standard InChI is InChI=1S/C11H20N4/c1-11(2,3)9-7-10(15-8-14-9)13-6-4-5-12/h7-8H,4-6,12H2,1-3H3,(H,13,14,15). The maximum Gasteiger partial charge on any atom is 0.129 e. The van der Waals surface area contributed by atoms with Gasteiger partial charge in [-0.25, -0.2) is 9.97 Å². The Bertz CT molecular complexity index is 304. The molecule has 0 saturated carbocycles. The topological polar surface area (TPSA) is 63.8 Å². The Hall–Kier alpha value is -1.16. The van der Waals surface area contributed by atoms with Crippen LogP contribution in [0.25, 0.3) is 0 Å². The predicted molar refractivity (Wildman–Crippen MR) is 62.9 cm³/mol. The Morgan fingerprint density at radius 2 is 2.07 bits per heavy atom. The van der Waals surface area contributed by atoms with E-state index in [2.05, 4.69) is 36.1 Å². The van der Waals surface area contributed by atoms with E-state index >= 15 is 0 Å². The predicted octanol–water partition coefficient (Wildman–Crippen LogP) is 1.53. The third-order valence-corrected chi connectivity index (χ3v) is 2.12. The van der Waals surface area contributed by atoms with E-state index in [1.54, 1.807) is 6.33 Å². The summed E-state index contributed by atoms with van der Waals surface area (Å²) in [7, 11) is 0. The van der Waals surface area contributed by atoms with E-state index < -0.39 is 0 Å². The molecule has 3 N–H and O–H groups in total. The molecular weight excluding hydrogens is 188 g/mol. The van der Waals surface area contributed by atoms with Gasteiger partial charge in [0.05, 0.1) is 5.69 Å². The summed E-state index contributed by atoms with van der Waals surface area (Å²) in [5.41, 5.74) is 6.53. The first-order chi connectivity index (χ1) is 7.04. The molecule has 0 atom stereocenters. The molecule has 84 valence electrons. The molecule has 0 unspecified atom stereocenters. The largest absolute Gasteiger partial charge is 0.370 e. The highest BCUT2D eigenvalue weighted by Gasteiger charge is 2.15. The first-order valence-electron chi connectivity index (χ1n) is 5.30. The first-order valence-corrected chi connectivity index (χ1v) is 5.30. The van der Waals surface area contributed by atoms with Crippen molar-refractivity contribution in [1.82, 2.24) is 9.97 Å². The van der Waals surface area contributed by atoms with Gasteiger partial charge in [-0.3, -0.25) is 0 Å². The van der Waals surface area contributed by atoms with Gasteiger partial charge in [-0.05, 0) is 13.0 Å². The highest BCUT2D eigenvalue weighted by atomic mass is 15.0. The van der Waals surface area contributed by atoms with E-state index in [0.717, 1.165) is 24.5 Å². The highest BCUT2D eigenvalue weighted by molar-refractivity contribution is 5.36. The first kappa shape index (κ1) is 11.9. The lowest BCUT2D eigenvalue weighted by Crippen LogP contribution is -2.15. The molecule has 0 bridgehead atoms. The van der Waals surface area contributed by atoms with Crippen molar-refractivity contribution in [2.45, 2.75) is 32.6 Å². The van der Waals surface area contributed by atoms with Gasteiger partial charge >= 0.3 is 0 Å². The molecule has 0 saturated heterocycles.